The lowest BCUT2D eigenvalue weighted by Crippen LogP contribution is -2.36. The van der Waals surface area contributed by atoms with Gasteiger partial charge in [0.15, 0.2) is 0 Å². The Labute approximate surface area is 143 Å². The van der Waals surface area contributed by atoms with Crippen LogP contribution in [-0.2, 0) is 0 Å². The highest BCUT2D eigenvalue weighted by Gasteiger charge is 2.30. The van der Waals surface area contributed by atoms with Crippen molar-refractivity contribution in [2.24, 2.45) is 5.10 Å². The summed E-state index contributed by atoms with van der Waals surface area (Å²) >= 11 is 6.14. The van der Waals surface area contributed by atoms with Crippen LogP contribution in [0.2, 0.25) is 5.02 Å². The highest BCUT2D eigenvalue weighted by molar-refractivity contribution is 6.30. The number of nitrogens with zero attached hydrogens (tertiary/aromatic N) is 4. The van der Waals surface area contributed by atoms with Crippen molar-refractivity contribution in [1.29, 1.82) is 0 Å². The second-order valence-electron chi connectivity index (χ2n) is 6.66. The van der Waals surface area contributed by atoms with Crippen molar-refractivity contribution >= 4 is 23.0 Å². The van der Waals surface area contributed by atoms with Crippen molar-refractivity contribution in [1.82, 2.24) is 9.80 Å². The summed E-state index contributed by atoms with van der Waals surface area (Å²) in [7, 11) is 2.22. The maximum atomic E-state index is 6.14. The number of likely N-dealkylation sites (N-methyl/N-ethyl adjacent to an activating group) is 1. The zero-order valence-corrected chi connectivity index (χ0v) is 14.4. The molecular weight excluding hydrogens is 308 g/mol. The SMILES string of the molecule is CN1CCC2=NN(c3cccc(Cl)c3)CC2=C1CN1CCCC1. The molecule has 0 aromatic heterocycles. The van der Waals surface area contributed by atoms with Gasteiger partial charge in [0.2, 0.25) is 0 Å². The maximum absolute atomic E-state index is 6.14. The van der Waals surface area contributed by atoms with Crippen molar-refractivity contribution in [2.75, 3.05) is 44.8 Å². The molecular formula is C18H23ClN4. The molecule has 1 fully saturated rings. The van der Waals surface area contributed by atoms with Crippen LogP contribution in [-0.4, -0.2) is 55.3 Å². The molecule has 3 aliphatic rings. The molecule has 5 heteroatoms. The van der Waals surface area contributed by atoms with Gasteiger partial charge in [-0.3, -0.25) is 9.91 Å². The van der Waals surface area contributed by atoms with E-state index in [2.05, 4.69) is 27.9 Å². The predicted octanol–water partition coefficient (Wildman–Crippen LogP) is 3.20. The van der Waals surface area contributed by atoms with Crippen LogP contribution >= 0.6 is 11.6 Å². The molecule has 122 valence electrons. The van der Waals surface area contributed by atoms with Crippen LogP contribution < -0.4 is 5.01 Å². The second kappa shape index (κ2) is 6.17. The van der Waals surface area contributed by atoms with Gasteiger partial charge in [0.1, 0.15) is 0 Å². The molecule has 0 bridgehead atoms. The smallest absolute Gasteiger partial charge is 0.0702 e. The first-order chi connectivity index (χ1) is 11.2. The average Bonchev–Trinajstić information content (AvgIpc) is 3.19. The number of benzene rings is 1. The number of halogens is 1. The van der Waals surface area contributed by atoms with Crippen LogP contribution in [0.5, 0.6) is 0 Å². The number of hydrogen-bond donors (Lipinski definition) is 0. The van der Waals surface area contributed by atoms with Crippen molar-refractivity contribution in [2.45, 2.75) is 19.3 Å². The Morgan fingerprint density at radius 1 is 1.17 bits per heavy atom. The standard InChI is InChI=1S/C18H23ClN4/c1-21-10-7-17-16(18(21)13-22-8-2-3-9-22)12-23(20-17)15-6-4-5-14(19)11-15/h4-6,11H,2-3,7-10,12-13H2,1H3. The molecule has 0 saturated carbocycles. The Morgan fingerprint density at radius 2 is 2.00 bits per heavy atom. The molecule has 0 unspecified atom stereocenters. The molecule has 0 radical (unpaired) electrons. The molecule has 3 heterocycles. The Morgan fingerprint density at radius 3 is 2.78 bits per heavy atom. The molecule has 23 heavy (non-hydrogen) atoms. The van der Waals surface area contributed by atoms with Gasteiger partial charge in [-0.05, 0) is 44.1 Å². The molecule has 4 nitrogen and oxygen atoms in total. The highest BCUT2D eigenvalue weighted by Crippen LogP contribution is 2.30. The van der Waals surface area contributed by atoms with Crippen LogP contribution in [0.1, 0.15) is 19.3 Å². The molecule has 4 rings (SSSR count). The topological polar surface area (TPSA) is 22.1 Å². The Balaban J connectivity index is 1.61. The van der Waals surface area contributed by atoms with Gasteiger partial charge in [-0.25, -0.2) is 0 Å². The van der Waals surface area contributed by atoms with Crippen LogP contribution in [0.25, 0.3) is 0 Å². The highest BCUT2D eigenvalue weighted by atomic mass is 35.5. The first kappa shape index (κ1) is 15.0. The van der Waals surface area contributed by atoms with Gasteiger partial charge in [-0.1, -0.05) is 17.7 Å². The van der Waals surface area contributed by atoms with Gasteiger partial charge in [0, 0.05) is 42.9 Å². The van der Waals surface area contributed by atoms with Gasteiger partial charge in [0.05, 0.1) is 17.9 Å². The number of anilines is 1. The summed E-state index contributed by atoms with van der Waals surface area (Å²) in [6, 6.07) is 7.98. The fourth-order valence-electron chi connectivity index (χ4n) is 3.73. The molecule has 1 aromatic rings. The lowest BCUT2D eigenvalue weighted by atomic mass is 10.0. The Kier molecular flexibility index (Phi) is 4.04. The Hall–Kier alpha value is -1.52. The lowest BCUT2D eigenvalue weighted by molar-refractivity contribution is 0.307. The first-order valence-corrected chi connectivity index (χ1v) is 8.85. The largest absolute Gasteiger partial charge is 0.376 e. The van der Waals surface area contributed by atoms with Crippen molar-refractivity contribution < 1.29 is 0 Å². The van der Waals surface area contributed by atoms with E-state index in [9.17, 15) is 0 Å². The first-order valence-electron chi connectivity index (χ1n) is 8.47. The number of likely N-dealkylation sites (tertiary alicyclic amines) is 1. The minimum absolute atomic E-state index is 0.765. The molecule has 3 aliphatic heterocycles. The van der Waals surface area contributed by atoms with E-state index in [1.807, 2.05) is 18.2 Å². The Bertz CT molecular complexity index is 661. The minimum atomic E-state index is 0.765. The van der Waals surface area contributed by atoms with E-state index in [-0.39, 0.29) is 0 Å². The molecule has 0 atom stereocenters. The fourth-order valence-corrected chi connectivity index (χ4v) is 3.92. The lowest BCUT2D eigenvalue weighted by Gasteiger charge is -2.32. The van der Waals surface area contributed by atoms with Crippen LogP contribution in [0.3, 0.4) is 0 Å². The van der Waals surface area contributed by atoms with E-state index in [1.165, 1.54) is 42.9 Å². The van der Waals surface area contributed by atoms with E-state index < -0.39 is 0 Å². The van der Waals surface area contributed by atoms with Crippen LogP contribution in [0.4, 0.5) is 5.69 Å². The summed E-state index contributed by atoms with van der Waals surface area (Å²) in [5, 5.41) is 7.73. The zero-order valence-electron chi connectivity index (χ0n) is 13.6. The quantitative estimate of drug-likeness (QED) is 0.849. The normalized spacial score (nSPS) is 21.9. The number of fused-ring (bicyclic) bond motifs is 1. The predicted molar refractivity (Wildman–Crippen MR) is 96.2 cm³/mol. The van der Waals surface area contributed by atoms with Crippen molar-refractivity contribution in [3.05, 3.63) is 40.6 Å². The van der Waals surface area contributed by atoms with Gasteiger partial charge >= 0.3 is 0 Å². The van der Waals surface area contributed by atoms with E-state index >= 15 is 0 Å². The van der Waals surface area contributed by atoms with Crippen molar-refractivity contribution in [3.8, 4) is 0 Å². The fraction of sp³-hybridized carbons (Fsp3) is 0.500. The third-order valence-corrected chi connectivity index (χ3v) is 5.30. The molecule has 1 saturated heterocycles. The number of rotatable bonds is 3. The maximum Gasteiger partial charge on any atom is 0.0702 e. The van der Waals surface area contributed by atoms with Gasteiger partial charge in [0.25, 0.3) is 0 Å². The van der Waals surface area contributed by atoms with Crippen molar-refractivity contribution in [3.63, 3.8) is 0 Å². The third-order valence-electron chi connectivity index (χ3n) is 5.07. The van der Waals surface area contributed by atoms with E-state index in [1.54, 1.807) is 0 Å². The summed E-state index contributed by atoms with van der Waals surface area (Å²) < 4.78 is 0. The summed E-state index contributed by atoms with van der Waals surface area (Å²) in [6.45, 7) is 5.45. The monoisotopic (exact) mass is 330 g/mol. The van der Waals surface area contributed by atoms with Crippen LogP contribution in [0, 0.1) is 0 Å². The number of hydrogen-bond acceptors (Lipinski definition) is 4. The third kappa shape index (κ3) is 2.98. The average molecular weight is 331 g/mol. The zero-order chi connectivity index (χ0) is 15.8. The molecule has 0 aliphatic carbocycles. The summed E-state index contributed by atoms with van der Waals surface area (Å²) in [5.41, 5.74) is 5.22. The van der Waals surface area contributed by atoms with Gasteiger partial charge in [-0.2, -0.15) is 5.10 Å². The number of hydrazone groups is 1. The second-order valence-corrected chi connectivity index (χ2v) is 7.10. The molecule has 0 spiro atoms. The van der Waals surface area contributed by atoms with E-state index in [0.29, 0.717) is 0 Å². The summed E-state index contributed by atoms with van der Waals surface area (Å²) in [5.74, 6) is 0. The van der Waals surface area contributed by atoms with E-state index in [0.717, 1.165) is 36.8 Å². The molecule has 0 N–H and O–H groups in total. The van der Waals surface area contributed by atoms with E-state index in [4.69, 9.17) is 16.7 Å². The molecule has 1 aromatic carbocycles. The van der Waals surface area contributed by atoms with Crippen LogP contribution in [0.15, 0.2) is 40.6 Å². The van der Waals surface area contributed by atoms with Gasteiger partial charge in [-0.15, -0.1) is 0 Å². The van der Waals surface area contributed by atoms with Gasteiger partial charge < -0.3 is 4.90 Å². The minimum Gasteiger partial charge on any atom is -0.376 e. The summed E-state index contributed by atoms with van der Waals surface area (Å²) in [6.07, 6.45) is 3.70. The molecule has 0 amide bonds. The summed E-state index contributed by atoms with van der Waals surface area (Å²) in [4.78, 5) is 5.00.